The number of carboxylic acid groups (broad SMARTS) is 1. The number of halogens is 1. The van der Waals surface area contributed by atoms with Gasteiger partial charge in [0.1, 0.15) is 11.6 Å². The molecule has 35 heavy (non-hydrogen) atoms. The molecule has 3 heterocycles. The van der Waals surface area contributed by atoms with E-state index in [1.807, 2.05) is 18.2 Å². The van der Waals surface area contributed by atoms with Crippen molar-refractivity contribution in [1.82, 2.24) is 14.8 Å². The van der Waals surface area contributed by atoms with E-state index in [1.54, 1.807) is 24.1 Å². The maximum Gasteiger partial charge on any atom is 0.407 e. The molecule has 184 valence electrons. The van der Waals surface area contributed by atoms with Crippen molar-refractivity contribution in [1.29, 1.82) is 0 Å². The fraction of sp³-hybridized carbons (Fsp3) is 0.360. The fourth-order valence-corrected chi connectivity index (χ4v) is 5.51. The number of amides is 3. The number of nitrogens with one attached hydrogen (secondary N) is 2. The van der Waals surface area contributed by atoms with E-state index in [2.05, 4.69) is 10.3 Å². The molecule has 0 aliphatic carbocycles. The molecule has 0 saturated carbocycles. The summed E-state index contributed by atoms with van der Waals surface area (Å²) in [6.07, 6.45) is -0.0676. The highest BCUT2D eigenvalue weighted by Gasteiger charge is 2.49. The van der Waals surface area contributed by atoms with Crippen LogP contribution in [0.15, 0.2) is 42.5 Å². The van der Waals surface area contributed by atoms with Crippen LogP contribution in [0.1, 0.15) is 30.1 Å². The van der Waals surface area contributed by atoms with Gasteiger partial charge in [0.15, 0.2) is 0 Å². The van der Waals surface area contributed by atoms with Crippen LogP contribution in [0.4, 0.5) is 19.7 Å². The lowest BCUT2D eigenvalue weighted by molar-refractivity contribution is 0.0528. The minimum Gasteiger partial charge on any atom is -0.497 e. The molecule has 10 heteroatoms. The predicted molar refractivity (Wildman–Crippen MR) is 127 cm³/mol. The Morgan fingerprint density at radius 3 is 2.63 bits per heavy atom. The maximum absolute atomic E-state index is 14.0. The number of urea groups is 1. The quantitative estimate of drug-likeness (QED) is 0.452. The zero-order valence-corrected chi connectivity index (χ0v) is 19.3. The lowest BCUT2D eigenvalue weighted by atomic mass is 9.68. The van der Waals surface area contributed by atoms with Crippen LogP contribution in [-0.4, -0.2) is 70.5 Å². The molecule has 9 nitrogen and oxygen atoms in total. The Balaban J connectivity index is 1.48. The van der Waals surface area contributed by atoms with Crippen LogP contribution in [0.3, 0.4) is 0 Å². The molecular weight excluding hydrogens is 455 g/mol. The number of hydrogen-bond acceptors (Lipinski definition) is 4. The third-order valence-electron chi connectivity index (χ3n) is 7.29. The Morgan fingerprint density at radius 1 is 1.23 bits per heavy atom. The number of para-hydroxylation sites is 1. The zero-order chi connectivity index (χ0) is 24.7. The van der Waals surface area contributed by atoms with E-state index in [0.717, 1.165) is 16.5 Å². The highest BCUT2D eigenvalue weighted by atomic mass is 19.1. The van der Waals surface area contributed by atoms with Crippen molar-refractivity contribution < 1.29 is 28.9 Å². The van der Waals surface area contributed by atoms with Crippen molar-refractivity contribution >= 4 is 28.7 Å². The highest BCUT2D eigenvalue weighted by Crippen LogP contribution is 2.49. The van der Waals surface area contributed by atoms with Gasteiger partial charge in [0.2, 0.25) is 0 Å². The molecule has 1 fully saturated rings. The first-order valence-electron chi connectivity index (χ1n) is 11.5. The number of rotatable bonds is 3. The minimum absolute atomic E-state index is 0.117. The van der Waals surface area contributed by atoms with E-state index >= 15 is 0 Å². The van der Waals surface area contributed by atoms with Gasteiger partial charge < -0.3 is 30.2 Å². The van der Waals surface area contributed by atoms with Crippen LogP contribution >= 0.6 is 0 Å². The molecule has 1 unspecified atom stereocenters. The Kier molecular flexibility index (Phi) is 5.76. The van der Waals surface area contributed by atoms with Crippen LogP contribution in [0, 0.1) is 5.82 Å². The molecule has 2 aliphatic rings. The van der Waals surface area contributed by atoms with E-state index in [9.17, 15) is 24.2 Å². The first-order valence-corrected chi connectivity index (χ1v) is 11.5. The number of H-pyrrole nitrogens is 1. The number of benzene rings is 2. The number of piperidine rings is 1. The Morgan fingerprint density at radius 2 is 1.97 bits per heavy atom. The number of anilines is 1. The number of carbonyl (C=O) groups excluding carboxylic acids is 1. The van der Waals surface area contributed by atoms with Gasteiger partial charge in [-0.3, -0.25) is 4.90 Å². The summed E-state index contributed by atoms with van der Waals surface area (Å²) in [6.45, 7) is 0.610. The number of nitrogens with zero attached hydrogens (tertiary/aromatic N) is 2. The van der Waals surface area contributed by atoms with Gasteiger partial charge >= 0.3 is 12.1 Å². The number of methoxy groups -OCH3 is 1. The van der Waals surface area contributed by atoms with Crippen molar-refractivity contribution in [3.63, 3.8) is 0 Å². The van der Waals surface area contributed by atoms with Gasteiger partial charge in [-0.25, -0.2) is 14.0 Å². The standard InChI is InChI=1S/C25H27FN4O5/c1-35-15-6-7-16-19(12-15)27-22-20(13-31)30(24(33)34)14-25(21(16)22)8-10-29(11-9-25)23(32)28-18-5-3-2-4-17(18)26/h2-7,12,20,27,31H,8-11,13-14H2,1H3,(H,28,32)(H,33,34). The van der Waals surface area contributed by atoms with Crippen LogP contribution in [-0.2, 0) is 5.41 Å². The number of aliphatic hydroxyl groups excluding tert-OH is 1. The number of aromatic nitrogens is 1. The summed E-state index contributed by atoms with van der Waals surface area (Å²) in [4.78, 5) is 31.2. The molecular formula is C25H27FN4O5. The van der Waals surface area contributed by atoms with Crippen molar-refractivity contribution in [2.45, 2.75) is 24.3 Å². The Bertz CT molecular complexity index is 1280. The van der Waals surface area contributed by atoms with Crippen LogP contribution in [0.5, 0.6) is 5.75 Å². The third kappa shape index (κ3) is 3.83. The number of fused-ring (bicyclic) bond motifs is 4. The number of aliphatic hydroxyl groups is 1. The molecule has 5 rings (SSSR count). The molecule has 2 aliphatic heterocycles. The smallest absolute Gasteiger partial charge is 0.407 e. The second-order valence-electron chi connectivity index (χ2n) is 9.11. The molecule has 3 amide bonds. The molecule has 1 atom stereocenters. The van der Waals surface area contributed by atoms with Gasteiger partial charge in [-0.15, -0.1) is 0 Å². The molecule has 1 saturated heterocycles. The average Bonchev–Trinajstić information content (AvgIpc) is 3.25. The number of likely N-dealkylation sites (tertiary alicyclic amines) is 1. The number of ether oxygens (including phenoxy) is 1. The summed E-state index contributed by atoms with van der Waals surface area (Å²) in [5.41, 5.74) is 2.04. The SMILES string of the molecule is COc1ccc2c3c([nH]c2c1)C(CO)N(C(=O)O)CC31CCN(C(=O)Nc2ccccc2F)CC1. The predicted octanol–water partition coefficient (Wildman–Crippen LogP) is 3.91. The summed E-state index contributed by atoms with van der Waals surface area (Å²) in [5, 5.41) is 23.6. The molecule has 3 aromatic rings. The summed E-state index contributed by atoms with van der Waals surface area (Å²) < 4.78 is 19.3. The van der Waals surface area contributed by atoms with E-state index in [1.165, 1.54) is 17.0 Å². The largest absolute Gasteiger partial charge is 0.497 e. The minimum atomic E-state index is -1.11. The lowest BCUT2D eigenvalue weighted by Crippen LogP contribution is -2.56. The second-order valence-corrected chi connectivity index (χ2v) is 9.11. The van der Waals surface area contributed by atoms with Gasteiger partial charge in [0.05, 0.1) is 25.4 Å². The highest BCUT2D eigenvalue weighted by molar-refractivity contribution is 5.90. The third-order valence-corrected chi connectivity index (χ3v) is 7.29. The number of hydrogen-bond donors (Lipinski definition) is 4. The lowest BCUT2D eigenvalue weighted by Gasteiger charge is -2.49. The topological polar surface area (TPSA) is 118 Å². The maximum atomic E-state index is 14.0. The first-order chi connectivity index (χ1) is 16.9. The zero-order valence-electron chi connectivity index (χ0n) is 19.3. The fourth-order valence-electron chi connectivity index (χ4n) is 5.51. The van der Waals surface area contributed by atoms with E-state index in [-0.39, 0.29) is 18.8 Å². The van der Waals surface area contributed by atoms with Crippen molar-refractivity contribution in [3.05, 3.63) is 59.5 Å². The van der Waals surface area contributed by atoms with Crippen molar-refractivity contribution in [3.8, 4) is 5.75 Å². The molecule has 1 aromatic heterocycles. The second kappa shape index (κ2) is 8.77. The van der Waals surface area contributed by atoms with Crippen molar-refractivity contribution in [2.75, 3.05) is 38.7 Å². The van der Waals surface area contributed by atoms with Gasteiger partial charge in [-0.05, 0) is 42.7 Å². The van der Waals surface area contributed by atoms with E-state index in [0.29, 0.717) is 37.4 Å². The van der Waals surface area contributed by atoms with Crippen LogP contribution in [0.2, 0.25) is 0 Å². The summed E-state index contributed by atoms with van der Waals surface area (Å²) in [7, 11) is 1.58. The van der Waals surface area contributed by atoms with Crippen LogP contribution < -0.4 is 10.1 Å². The summed E-state index contributed by atoms with van der Waals surface area (Å²) >= 11 is 0. The van der Waals surface area contributed by atoms with Crippen LogP contribution in [0.25, 0.3) is 10.9 Å². The molecule has 0 bridgehead atoms. The van der Waals surface area contributed by atoms with E-state index < -0.39 is 29.4 Å². The number of aromatic amines is 1. The number of carbonyl (C=O) groups is 2. The van der Waals surface area contributed by atoms with Gasteiger partial charge in [0, 0.05) is 47.7 Å². The first kappa shape index (κ1) is 23.0. The summed E-state index contributed by atoms with van der Waals surface area (Å²) in [5.74, 6) is 0.160. The molecule has 4 N–H and O–H groups in total. The normalized spacial score (nSPS) is 19.0. The van der Waals surface area contributed by atoms with E-state index in [4.69, 9.17) is 4.74 Å². The molecule has 0 radical (unpaired) electrons. The van der Waals surface area contributed by atoms with Gasteiger partial charge in [-0.2, -0.15) is 0 Å². The summed E-state index contributed by atoms with van der Waals surface area (Å²) in [6, 6.07) is 10.6. The Hall–Kier alpha value is -3.79. The molecule has 2 aromatic carbocycles. The van der Waals surface area contributed by atoms with Crippen molar-refractivity contribution in [2.24, 2.45) is 0 Å². The van der Waals surface area contributed by atoms with Gasteiger partial charge in [0.25, 0.3) is 0 Å². The monoisotopic (exact) mass is 482 g/mol. The average molecular weight is 483 g/mol. The Labute approximate surface area is 201 Å². The molecule has 1 spiro atoms. The van der Waals surface area contributed by atoms with Gasteiger partial charge in [-0.1, -0.05) is 12.1 Å².